The van der Waals surface area contributed by atoms with Crippen molar-refractivity contribution in [1.29, 1.82) is 0 Å². The maximum absolute atomic E-state index is 13.0. The van der Waals surface area contributed by atoms with Crippen LogP contribution in [-0.2, 0) is 16.1 Å². The van der Waals surface area contributed by atoms with E-state index >= 15 is 0 Å². The summed E-state index contributed by atoms with van der Waals surface area (Å²) in [7, 11) is 0. The van der Waals surface area contributed by atoms with E-state index in [4.69, 9.17) is 0 Å². The molecule has 0 aromatic heterocycles. The van der Waals surface area contributed by atoms with Gasteiger partial charge < -0.3 is 4.74 Å². The van der Waals surface area contributed by atoms with Crippen LogP contribution in [0.2, 0.25) is 0 Å². The zero-order valence-corrected chi connectivity index (χ0v) is 7.60. The van der Waals surface area contributed by atoms with Crippen molar-refractivity contribution in [2.24, 2.45) is 0 Å². The van der Waals surface area contributed by atoms with E-state index in [1.54, 1.807) is 0 Å². The van der Waals surface area contributed by atoms with Gasteiger partial charge >= 0.3 is 5.97 Å². The van der Waals surface area contributed by atoms with Gasteiger partial charge in [-0.2, -0.15) is 0 Å². The molecule has 5 heteroatoms. The van der Waals surface area contributed by atoms with Crippen LogP contribution in [0, 0.1) is 17.5 Å². The molecule has 0 radical (unpaired) electrons. The van der Waals surface area contributed by atoms with Gasteiger partial charge in [0.25, 0.3) is 0 Å². The van der Waals surface area contributed by atoms with Crippen LogP contribution in [0.4, 0.5) is 13.2 Å². The summed E-state index contributed by atoms with van der Waals surface area (Å²) >= 11 is 0. The first kappa shape index (κ1) is 11.3. The third kappa shape index (κ3) is 2.59. The highest BCUT2D eigenvalue weighted by Crippen LogP contribution is 2.16. The Hall–Kier alpha value is -1.78. The zero-order valence-electron chi connectivity index (χ0n) is 7.60. The van der Waals surface area contributed by atoms with Gasteiger partial charge in [0.15, 0.2) is 11.6 Å². The monoisotopic (exact) mass is 216 g/mol. The van der Waals surface area contributed by atoms with Crippen molar-refractivity contribution >= 4 is 5.97 Å². The lowest BCUT2D eigenvalue weighted by molar-refractivity contribution is -0.139. The van der Waals surface area contributed by atoms with Gasteiger partial charge in [-0.05, 0) is 12.1 Å². The van der Waals surface area contributed by atoms with Gasteiger partial charge in [0.2, 0.25) is 0 Å². The molecule has 0 aliphatic carbocycles. The standard InChI is InChI=1S/C10H7F3O2/c1-2-9(14)15-5-6-7(11)3-4-8(12)10(6)13/h2-4H,1,5H2. The predicted molar refractivity (Wildman–Crippen MR) is 46.3 cm³/mol. The van der Waals surface area contributed by atoms with Gasteiger partial charge in [0.05, 0.1) is 5.56 Å². The first-order valence-electron chi connectivity index (χ1n) is 3.98. The van der Waals surface area contributed by atoms with Crippen LogP contribution in [0.5, 0.6) is 0 Å². The molecule has 1 rings (SSSR count). The molecule has 0 bridgehead atoms. The second-order valence-corrected chi connectivity index (χ2v) is 2.63. The molecule has 0 amide bonds. The Morgan fingerprint density at radius 3 is 2.53 bits per heavy atom. The van der Waals surface area contributed by atoms with Crippen molar-refractivity contribution < 1.29 is 22.7 Å². The molecule has 0 saturated carbocycles. The third-order valence-corrected chi connectivity index (χ3v) is 1.66. The smallest absolute Gasteiger partial charge is 0.330 e. The molecule has 0 unspecified atom stereocenters. The van der Waals surface area contributed by atoms with Crippen LogP contribution in [-0.4, -0.2) is 5.97 Å². The summed E-state index contributed by atoms with van der Waals surface area (Å²) in [5.41, 5.74) is -0.620. The number of rotatable bonds is 3. The minimum absolute atomic E-state index is 0.620. The van der Waals surface area contributed by atoms with Gasteiger partial charge in [-0.15, -0.1) is 0 Å². The lowest BCUT2D eigenvalue weighted by Gasteiger charge is -2.05. The third-order valence-electron chi connectivity index (χ3n) is 1.66. The van der Waals surface area contributed by atoms with Crippen LogP contribution in [0.15, 0.2) is 24.8 Å². The number of carbonyl (C=O) groups excluding carboxylic acids is 1. The van der Waals surface area contributed by atoms with Gasteiger partial charge in [-0.1, -0.05) is 6.58 Å². The topological polar surface area (TPSA) is 26.3 Å². The van der Waals surface area contributed by atoms with Crippen LogP contribution in [0.3, 0.4) is 0 Å². The molecule has 0 aliphatic heterocycles. The molecule has 0 fully saturated rings. The Kier molecular flexibility index (Phi) is 3.49. The van der Waals surface area contributed by atoms with Crippen molar-refractivity contribution in [3.63, 3.8) is 0 Å². The van der Waals surface area contributed by atoms with E-state index in [-0.39, 0.29) is 0 Å². The molecule has 80 valence electrons. The second kappa shape index (κ2) is 4.63. The van der Waals surface area contributed by atoms with Crippen molar-refractivity contribution in [1.82, 2.24) is 0 Å². The average molecular weight is 216 g/mol. The summed E-state index contributed by atoms with van der Waals surface area (Å²) in [6.45, 7) is 2.43. The highest BCUT2D eigenvalue weighted by Gasteiger charge is 2.14. The highest BCUT2D eigenvalue weighted by molar-refractivity contribution is 5.81. The Morgan fingerprint density at radius 2 is 1.93 bits per heavy atom. The molecule has 0 heterocycles. The minimum atomic E-state index is -1.35. The Morgan fingerprint density at radius 1 is 1.33 bits per heavy atom. The van der Waals surface area contributed by atoms with Crippen molar-refractivity contribution in [2.45, 2.75) is 6.61 Å². The average Bonchev–Trinajstić information content (AvgIpc) is 2.23. The van der Waals surface area contributed by atoms with E-state index in [2.05, 4.69) is 11.3 Å². The molecule has 2 nitrogen and oxygen atoms in total. The van der Waals surface area contributed by atoms with E-state index < -0.39 is 35.6 Å². The summed E-state index contributed by atoms with van der Waals surface area (Å²) in [4.78, 5) is 10.6. The molecule has 15 heavy (non-hydrogen) atoms. The molecule has 0 N–H and O–H groups in total. The summed E-state index contributed by atoms with van der Waals surface area (Å²) in [6, 6.07) is 1.42. The summed E-state index contributed by atoms with van der Waals surface area (Å²) < 4.78 is 43.0. The second-order valence-electron chi connectivity index (χ2n) is 2.63. The Bertz CT molecular complexity index is 402. The lowest BCUT2D eigenvalue weighted by atomic mass is 10.2. The molecule has 0 aliphatic rings. The van der Waals surface area contributed by atoms with E-state index in [9.17, 15) is 18.0 Å². The van der Waals surface area contributed by atoms with E-state index in [1.165, 1.54) is 0 Å². The molecule has 1 aromatic rings. The highest BCUT2D eigenvalue weighted by atomic mass is 19.2. The number of esters is 1. The normalized spacial score (nSPS) is 9.80. The number of halogens is 3. The first-order chi connectivity index (χ1) is 7.06. The van der Waals surface area contributed by atoms with Crippen LogP contribution < -0.4 is 0 Å². The largest absolute Gasteiger partial charge is 0.457 e. The van der Waals surface area contributed by atoms with Crippen molar-refractivity contribution in [3.8, 4) is 0 Å². The van der Waals surface area contributed by atoms with Crippen molar-refractivity contribution in [2.75, 3.05) is 0 Å². The lowest BCUT2D eigenvalue weighted by Crippen LogP contribution is -2.05. The fourth-order valence-electron chi connectivity index (χ4n) is 0.904. The number of hydrogen-bond acceptors (Lipinski definition) is 2. The summed E-state index contributed by atoms with van der Waals surface area (Å²) in [6.07, 6.45) is 0.842. The number of ether oxygens (including phenoxy) is 1. The summed E-state index contributed by atoms with van der Waals surface area (Å²) in [5.74, 6) is -4.35. The van der Waals surface area contributed by atoms with Gasteiger partial charge in [0.1, 0.15) is 12.4 Å². The molecule has 1 aromatic carbocycles. The van der Waals surface area contributed by atoms with Crippen molar-refractivity contribution in [3.05, 3.63) is 47.8 Å². The number of hydrogen-bond donors (Lipinski definition) is 0. The maximum Gasteiger partial charge on any atom is 0.330 e. The van der Waals surface area contributed by atoms with E-state index in [1.807, 2.05) is 0 Å². The van der Waals surface area contributed by atoms with Gasteiger partial charge in [-0.25, -0.2) is 18.0 Å². The number of carbonyl (C=O) groups is 1. The quantitative estimate of drug-likeness (QED) is 0.440. The van der Waals surface area contributed by atoms with Crippen LogP contribution in [0.25, 0.3) is 0 Å². The Balaban J connectivity index is 2.89. The number of benzene rings is 1. The van der Waals surface area contributed by atoms with Gasteiger partial charge in [-0.3, -0.25) is 0 Å². The van der Waals surface area contributed by atoms with Crippen LogP contribution >= 0.6 is 0 Å². The van der Waals surface area contributed by atoms with Gasteiger partial charge in [0, 0.05) is 6.08 Å². The fourth-order valence-corrected chi connectivity index (χ4v) is 0.904. The zero-order chi connectivity index (χ0) is 11.4. The molecular formula is C10H7F3O2. The molecule has 0 atom stereocenters. The molecular weight excluding hydrogens is 209 g/mol. The first-order valence-corrected chi connectivity index (χ1v) is 3.98. The SMILES string of the molecule is C=CC(=O)OCc1c(F)ccc(F)c1F. The fraction of sp³-hybridized carbons (Fsp3) is 0.100. The minimum Gasteiger partial charge on any atom is -0.457 e. The predicted octanol–water partition coefficient (Wildman–Crippen LogP) is 2.33. The maximum atomic E-state index is 13.0. The van der Waals surface area contributed by atoms with Crippen LogP contribution in [0.1, 0.15) is 5.56 Å². The van der Waals surface area contributed by atoms with E-state index in [0.717, 1.165) is 12.1 Å². The molecule has 0 saturated heterocycles. The summed E-state index contributed by atoms with van der Waals surface area (Å²) in [5, 5.41) is 0. The Labute approximate surface area is 84.0 Å². The van der Waals surface area contributed by atoms with E-state index in [0.29, 0.717) is 6.07 Å². The molecule has 0 spiro atoms.